The van der Waals surface area contributed by atoms with E-state index in [1.54, 1.807) is 23.1 Å². The minimum Gasteiger partial charge on any atom is -0.337 e. The predicted molar refractivity (Wildman–Crippen MR) is 94.9 cm³/mol. The first kappa shape index (κ1) is 17.9. The molecular weight excluding hydrogens is 342 g/mol. The number of fused-ring (bicyclic) bond motifs is 1. The van der Waals surface area contributed by atoms with Crippen molar-refractivity contribution < 1.29 is 18.0 Å². The number of amides is 2. The molecule has 2 aliphatic rings. The molecule has 0 bridgehead atoms. The molecule has 2 amide bonds. The van der Waals surface area contributed by atoms with Crippen molar-refractivity contribution in [3.63, 3.8) is 0 Å². The van der Waals surface area contributed by atoms with Crippen molar-refractivity contribution in [3.05, 3.63) is 29.3 Å². The van der Waals surface area contributed by atoms with Gasteiger partial charge in [0.25, 0.3) is 5.91 Å². The Labute approximate surface area is 148 Å². The SMILES string of the molecule is CCCS(=O)(=O)N1CCCN(C(=O)c2ccc3c(c2)CC(=O)N3)CC1. The highest BCUT2D eigenvalue weighted by molar-refractivity contribution is 7.89. The molecule has 0 saturated carbocycles. The number of anilines is 1. The van der Waals surface area contributed by atoms with Crippen molar-refractivity contribution in [2.24, 2.45) is 0 Å². The summed E-state index contributed by atoms with van der Waals surface area (Å²) in [7, 11) is -3.24. The third kappa shape index (κ3) is 3.85. The van der Waals surface area contributed by atoms with Crippen LogP contribution in [0.3, 0.4) is 0 Å². The number of sulfonamides is 1. The maximum atomic E-state index is 12.8. The molecule has 1 N–H and O–H groups in total. The summed E-state index contributed by atoms with van der Waals surface area (Å²) in [6.45, 7) is 3.55. The average molecular weight is 365 g/mol. The first-order valence-electron chi connectivity index (χ1n) is 8.60. The Morgan fingerprint density at radius 3 is 2.76 bits per heavy atom. The number of carbonyl (C=O) groups excluding carboxylic acids is 2. The van der Waals surface area contributed by atoms with E-state index >= 15 is 0 Å². The van der Waals surface area contributed by atoms with Crippen LogP contribution in [0.25, 0.3) is 0 Å². The highest BCUT2D eigenvalue weighted by Crippen LogP contribution is 2.24. The van der Waals surface area contributed by atoms with Gasteiger partial charge in [-0.25, -0.2) is 12.7 Å². The second-order valence-electron chi connectivity index (χ2n) is 6.46. The lowest BCUT2D eigenvalue weighted by Crippen LogP contribution is -2.38. The molecule has 0 aromatic heterocycles. The van der Waals surface area contributed by atoms with Gasteiger partial charge in [0.2, 0.25) is 15.9 Å². The number of carbonyl (C=O) groups is 2. The number of hydrogen-bond acceptors (Lipinski definition) is 4. The van der Waals surface area contributed by atoms with Crippen LogP contribution >= 0.6 is 0 Å². The zero-order valence-corrected chi connectivity index (χ0v) is 15.1. The van der Waals surface area contributed by atoms with Crippen LogP contribution in [-0.2, 0) is 21.2 Å². The van der Waals surface area contributed by atoms with E-state index in [-0.39, 0.29) is 17.6 Å². The van der Waals surface area contributed by atoms with Crippen molar-refractivity contribution in [1.82, 2.24) is 9.21 Å². The standard InChI is InChI=1S/C17H23N3O4S/c1-2-10-25(23,24)20-7-3-6-19(8-9-20)17(22)13-4-5-15-14(11-13)12-16(21)18-15/h4-5,11H,2-3,6-10,12H2,1H3,(H,18,21). The summed E-state index contributed by atoms with van der Waals surface area (Å²) in [5.74, 6) is -0.0321. The molecule has 0 atom stereocenters. The normalized spacial score (nSPS) is 18.6. The molecule has 1 saturated heterocycles. The van der Waals surface area contributed by atoms with Crippen molar-refractivity contribution in [2.45, 2.75) is 26.2 Å². The fourth-order valence-electron chi connectivity index (χ4n) is 3.31. The summed E-state index contributed by atoms with van der Waals surface area (Å²) in [5.41, 5.74) is 2.13. The van der Waals surface area contributed by atoms with E-state index in [0.29, 0.717) is 51.0 Å². The largest absolute Gasteiger partial charge is 0.337 e. The fraction of sp³-hybridized carbons (Fsp3) is 0.529. The van der Waals surface area contributed by atoms with Crippen molar-refractivity contribution in [3.8, 4) is 0 Å². The fourth-order valence-corrected chi connectivity index (χ4v) is 4.85. The molecule has 2 aliphatic heterocycles. The van der Waals surface area contributed by atoms with Crippen LogP contribution in [0.2, 0.25) is 0 Å². The Balaban J connectivity index is 1.70. The number of rotatable bonds is 4. The Morgan fingerprint density at radius 1 is 1.20 bits per heavy atom. The quantitative estimate of drug-likeness (QED) is 0.865. The van der Waals surface area contributed by atoms with Gasteiger partial charge >= 0.3 is 0 Å². The van der Waals surface area contributed by atoms with Gasteiger partial charge in [0.1, 0.15) is 0 Å². The number of benzene rings is 1. The van der Waals surface area contributed by atoms with Crippen LogP contribution in [-0.4, -0.2) is 61.4 Å². The van der Waals surface area contributed by atoms with Crippen molar-refractivity contribution in [1.29, 1.82) is 0 Å². The lowest BCUT2D eigenvalue weighted by molar-refractivity contribution is -0.115. The number of nitrogens with one attached hydrogen (secondary N) is 1. The van der Waals surface area contributed by atoms with Crippen LogP contribution in [0, 0.1) is 0 Å². The van der Waals surface area contributed by atoms with E-state index in [1.165, 1.54) is 4.31 Å². The van der Waals surface area contributed by atoms with Crippen LogP contribution in [0.5, 0.6) is 0 Å². The summed E-state index contributed by atoms with van der Waals surface area (Å²) in [6, 6.07) is 5.22. The molecule has 3 rings (SSSR count). The van der Waals surface area contributed by atoms with Crippen LogP contribution in [0.1, 0.15) is 35.7 Å². The molecule has 1 aromatic carbocycles. The molecule has 0 radical (unpaired) electrons. The summed E-state index contributed by atoms with van der Waals surface area (Å²) >= 11 is 0. The first-order valence-corrected chi connectivity index (χ1v) is 10.2. The smallest absolute Gasteiger partial charge is 0.253 e. The molecule has 7 nitrogen and oxygen atoms in total. The van der Waals surface area contributed by atoms with E-state index < -0.39 is 10.0 Å². The Kier molecular flexibility index (Phi) is 5.10. The Morgan fingerprint density at radius 2 is 2.00 bits per heavy atom. The Hall–Kier alpha value is -1.93. The molecule has 0 unspecified atom stereocenters. The second-order valence-corrected chi connectivity index (χ2v) is 8.55. The summed E-state index contributed by atoms with van der Waals surface area (Å²) in [6.07, 6.45) is 1.50. The predicted octanol–water partition coefficient (Wildman–Crippen LogP) is 1.07. The topological polar surface area (TPSA) is 86.8 Å². The summed E-state index contributed by atoms with van der Waals surface area (Å²) in [5, 5.41) is 2.75. The van der Waals surface area contributed by atoms with Crippen molar-refractivity contribution in [2.75, 3.05) is 37.2 Å². The summed E-state index contributed by atoms with van der Waals surface area (Å²) < 4.78 is 25.9. The monoisotopic (exact) mass is 365 g/mol. The maximum absolute atomic E-state index is 12.8. The van der Waals surface area contributed by atoms with Crippen LogP contribution < -0.4 is 5.32 Å². The Bertz CT molecular complexity index is 791. The van der Waals surface area contributed by atoms with E-state index in [9.17, 15) is 18.0 Å². The van der Waals surface area contributed by atoms with Crippen LogP contribution in [0.15, 0.2) is 18.2 Å². The van der Waals surface area contributed by atoms with Gasteiger partial charge in [0.15, 0.2) is 0 Å². The molecule has 0 spiro atoms. The first-order chi connectivity index (χ1) is 11.9. The van der Waals surface area contributed by atoms with Gasteiger partial charge in [-0.3, -0.25) is 9.59 Å². The van der Waals surface area contributed by atoms with E-state index in [1.807, 2.05) is 6.92 Å². The van der Waals surface area contributed by atoms with Crippen LogP contribution in [0.4, 0.5) is 5.69 Å². The molecule has 136 valence electrons. The van der Waals surface area contributed by atoms with Gasteiger partial charge in [0, 0.05) is 37.4 Å². The van der Waals surface area contributed by atoms with Gasteiger partial charge in [-0.2, -0.15) is 0 Å². The highest BCUT2D eigenvalue weighted by Gasteiger charge is 2.27. The average Bonchev–Trinajstić information content (AvgIpc) is 2.77. The van der Waals surface area contributed by atoms with Crippen molar-refractivity contribution >= 4 is 27.5 Å². The van der Waals surface area contributed by atoms with E-state index in [4.69, 9.17) is 0 Å². The second kappa shape index (κ2) is 7.13. The number of hydrogen-bond donors (Lipinski definition) is 1. The molecule has 0 aliphatic carbocycles. The minimum atomic E-state index is -3.24. The van der Waals surface area contributed by atoms with Gasteiger partial charge < -0.3 is 10.2 Å². The van der Waals surface area contributed by atoms with Gasteiger partial charge in [-0.1, -0.05) is 6.92 Å². The molecule has 2 heterocycles. The number of nitrogens with zero attached hydrogens (tertiary/aromatic N) is 2. The zero-order chi connectivity index (χ0) is 18.0. The highest BCUT2D eigenvalue weighted by atomic mass is 32.2. The van der Waals surface area contributed by atoms with Gasteiger partial charge in [0.05, 0.1) is 12.2 Å². The summed E-state index contributed by atoms with van der Waals surface area (Å²) in [4.78, 5) is 25.9. The molecular formula is C17H23N3O4S. The molecule has 1 fully saturated rings. The lowest BCUT2D eigenvalue weighted by Gasteiger charge is -2.22. The van der Waals surface area contributed by atoms with E-state index in [2.05, 4.69) is 5.32 Å². The lowest BCUT2D eigenvalue weighted by atomic mass is 10.1. The zero-order valence-electron chi connectivity index (χ0n) is 14.3. The molecule has 25 heavy (non-hydrogen) atoms. The van der Waals surface area contributed by atoms with Gasteiger partial charge in [-0.05, 0) is 36.6 Å². The maximum Gasteiger partial charge on any atom is 0.253 e. The van der Waals surface area contributed by atoms with E-state index in [0.717, 1.165) is 11.3 Å². The van der Waals surface area contributed by atoms with Gasteiger partial charge in [-0.15, -0.1) is 0 Å². The molecule has 1 aromatic rings. The molecule has 8 heteroatoms. The third-order valence-corrected chi connectivity index (χ3v) is 6.65. The minimum absolute atomic E-state index is 0.0638. The third-order valence-electron chi connectivity index (χ3n) is 4.57.